The quantitative estimate of drug-likeness (QED) is 0.628. The molecule has 3 atom stereocenters. The lowest BCUT2D eigenvalue weighted by Gasteiger charge is -2.66. The lowest BCUT2D eigenvalue weighted by atomic mass is 9.39. The van der Waals surface area contributed by atoms with Crippen molar-refractivity contribution in [3.8, 4) is 0 Å². The Morgan fingerprint density at radius 3 is 2.48 bits per heavy atom. The molecule has 4 aliphatic carbocycles. The Labute approximate surface area is 132 Å². The van der Waals surface area contributed by atoms with Crippen LogP contribution in [0.3, 0.4) is 0 Å². The van der Waals surface area contributed by atoms with Crippen molar-refractivity contribution in [1.29, 1.82) is 0 Å². The normalized spacial score (nSPS) is 46.0. The number of nitrogens with two attached hydrogens (primary N) is 1. The minimum Gasteiger partial charge on any atom is -0.271 e. The molecule has 0 spiro atoms. The third kappa shape index (κ3) is 2.38. The summed E-state index contributed by atoms with van der Waals surface area (Å²) >= 11 is 1.78. The molecule has 1 heterocycles. The molecule has 4 aliphatic rings. The smallest absolute Gasteiger partial charge is 0.0473 e. The fraction of sp³-hybridized carbons (Fsp3) is 0.778. The third-order valence-electron chi connectivity index (χ3n) is 6.53. The highest BCUT2D eigenvalue weighted by atomic mass is 32.1. The van der Waals surface area contributed by atoms with E-state index in [9.17, 15) is 0 Å². The maximum Gasteiger partial charge on any atom is 0.0473 e. The van der Waals surface area contributed by atoms with Gasteiger partial charge in [0.15, 0.2) is 0 Å². The summed E-state index contributed by atoms with van der Waals surface area (Å²) in [6.45, 7) is 5.11. The van der Waals surface area contributed by atoms with Crippen LogP contribution in [0.2, 0.25) is 0 Å². The Bertz CT molecular complexity index is 505. The van der Waals surface area contributed by atoms with E-state index in [-0.39, 0.29) is 0 Å². The van der Waals surface area contributed by atoms with Crippen molar-refractivity contribution >= 4 is 11.3 Å². The van der Waals surface area contributed by atoms with Gasteiger partial charge in [0.1, 0.15) is 0 Å². The molecular formula is C18H28N2S. The maximum atomic E-state index is 5.91. The first-order valence-electron chi connectivity index (χ1n) is 8.42. The van der Waals surface area contributed by atoms with Crippen molar-refractivity contribution < 1.29 is 0 Å². The fourth-order valence-electron chi connectivity index (χ4n) is 7.09. The first kappa shape index (κ1) is 14.2. The maximum absolute atomic E-state index is 5.91. The molecule has 3 N–H and O–H groups in total. The standard InChI is InChI=1S/C18H28N2S/c1-16-5-13-6-17(2,10-16)12-18(7-13,11-16)8-15(20-19)14-3-4-21-9-14/h3-4,9,13,15,20H,5-8,10-12,19H2,1-2H3. The molecule has 1 aromatic heterocycles. The van der Waals surface area contributed by atoms with Crippen LogP contribution in [-0.2, 0) is 0 Å². The van der Waals surface area contributed by atoms with E-state index >= 15 is 0 Å². The molecule has 0 aromatic carbocycles. The zero-order valence-electron chi connectivity index (χ0n) is 13.3. The molecule has 21 heavy (non-hydrogen) atoms. The van der Waals surface area contributed by atoms with Gasteiger partial charge in [-0.1, -0.05) is 13.8 Å². The van der Waals surface area contributed by atoms with Crippen LogP contribution in [0, 0.1) is 22.2 Å². The molecule has 3 heteroatoms. The molecule has 0 aliphatic heterocycles. The predicted octanol–water partition coefficient (Wildman–Crippen LogP) is 4.64. The van der Waals surface area contributed by atoms with Gasteiger partial charge in [-0.05, 0) is 89.5 Å². The molecule has 4 bridgehead atoms. The zero-order chi connectivity index (χ0) is 14.7. The minimum atomic E-state index is 0.333. The third-order valence-corrected chi connectivity index (χ3v) is 7.23. The van der Waals surface area contributed by atoms with E-state index < -0.39 is 0 Å². The van der Waals surface area contributed by atoms with Gasteiger partial charge in [0.2, 0.25) is 0 Å². The van der Waals surface area contributed by atoms with Crippen molar-refractivity contribution in [2.45, 2.75) is 64.8 Å². The lowest BCUT2D eigenvalue weighted by Crippen LogP contribution is -2.55. The van der Waals surface area contributed by atoms with Crippen molar-refractivity contribution in [1.82, 2.24) is 5.43 Å². The van der Waals surface area contributed by atoms with Crippen LogP contribution >= 0.6 is 11.3 Å². The summed E-state index contributed by atoms with van der Waals surface area (Å²) < 4.78 is 0. The molecule has 1 aromatic rings. The first-order valence-corrected chi connectivity index (χ1v) is 9.36. The van der Waals surface area contributed by atoms with Crippen LogP contribution in [0.1, 0.15) is 70.4 Å². The number of hydrogen-bond donors (Lipinski definition) is 2. The minimum absolute atomic E-state index is 0.333. The second kappa shape index (κ2) is 4.56. The SMILES string of the molecule is CC12CC3CC(C)(C1)CC(CC(NN)c1ccsc1)(C3)C2. The number of hydrogen-bond acceptors (Lipinski definition) is 3. The summed E-state index contributed by atoms with van der Waals surface area (Å²) in [6.07, 6.45) is 9.93. The Balaban J connectivity index is 1.62. The summed E-state index contributed by atoms with van der Waals surface area (Å²) in [6, 6.07) is 2.57. The van der Waals surface area contributed by atoms with Crippen LogP contribution in [0.5, 0.6) is 0 Å². The summed E-state index contributed by atoms with van der Waals surface area (Å²) in [5.74, 6) is 6.88. The van der Waals surface area contributed by atoms with E-state index in [1.54, 1.807) is 11.3 Å². The number of rotatable bonds is 4. The van der Waals surface area contributed by atoms with Crippen molar-refractivity contribution in [2.24, 2.45) is 28.0 Å². The highest BCUT2D eigenvalue weighted by Crippen LogP contribution is 2.71. The second-order valence-corrected chi connectivity index (χ2v) is 9.89. The summed E-state index contributed by atoms with van der Waals surface area (Å²) in [4.78, 5) is 0. The van der Waals surface area contributed by atoms with Crippen LogP contribution in [0.25, 0.3) is 0 Å². The average Bonchev–Trinajstić information content (AvgIpc) is 2.85. The highest BCUT2D eigenvalue weighted by molar-refractivity contribution is 7.07. The molecule has 0 amide bonds. The molecule has 2 nitrogen and oxygen atoms in total. The predicted molar refractivity (Wildman–Crippen MR) is 88.8 cm³/mol. The Hall–Kier alpha value is -0.380. The second-order valence-electron chi connectivity index (χ2n) is 9.11. The number of thiophene rings is 1. The van der Waals surface area contributed by atoms with Crippen molar-refractivity contribution in [3.05, 3.63) is 22.4 Å². The van der Waals surface area contributed by atoms with Gasteiger partial charge in [-0.15, -0.1) is 0 Å². The van der Waals surface area contributed by atoms with Crippen LogP contribution in [-0.4, -0.2) is 0 Å². The van der Waals surface area contributed by atoms with E-state index in [0.29, 0.717) is 22.3 Å². The first-order chi connectivity index (χ1) is 9.93. The topological polar surface area (TPSA) is 38.0 Å². The van der Waals surface area contributed by atoms with Crippen LogP contribution in [0.4, 0.5) is 0 Å². The molecule has 0 radical (unpaired) electrons. The summed E-state index contributed by atoms with van der Waals surface area (Å²) in [7, 11) is 0. The molecule has 3 unspecified atom stereocenters. The van der Waals surface area contributed by atoms with Gasteiger partial charge >= 0.3 is 0 Å². The summed E-state index contributed by atoms with van der Waals surface area (Å²) in [5.41, 5.74) is 6.22. The van der Waals surface area contributed by atoms with Crippen LogP contribution in [0.15, 0.2) is 16.8 Å². The van der Waals surface area contributed by atoms with Gasteiger partial charge < -0.3 is 0 Å². The van der Waals surface area contributed by atoms with E-state index in [1.165, 1.54) is 50.5 Å². The van der Waals surface area contributed by atoms with Gasteiger partial charge in [0.05, 0.1) is 0 Å². The van der Waals surface area contributed by atoms with Gasteiger partial charge in [0, 0.05) is 6.04 Å². The Morgan fingerprint density at radius 2 is 1.95 bits per heavy atom. The monoisotopic (exact) mass is 304 g/mol. The van der Waals surface area contributed by atoms with Crippen LogP contribution < -0.4 is 11.3 Å². The van der Waals surface area contributed by atoms with Gasteiger partial charge in [-0.25, -0.2) is 0 Å². The fourth-order valence-corrected chi connectivity index (χ4v) is 7.81. The molecule has 5 rings (SSSR count). The number of hydrazine groups is 1. The zero-order valence-corrected chi connectivity index (χ0v) is 14.1. The molecule has 116 valence electrons. The highest BCUT2D eigenvalue weighted by Gasteiger charge is 2.60. The molecule has 4 fully saturated rings. The van der Waals surface area contributed by atoms with E-state index in [4.69, 9.17) is 5.84 Å². The summed E-state index contributed by atoms with van der Waals surface area (Å²) in [5, 5.41) is 4.43. The number of nitrogens with one attached hydrogen (secondary N) is 1. The van der Waals surface area contributed by atoms with Gasteiger partial charge in [-0.2, -0.15) is 11.3 Å². The van der Waals surface area contributed by atoms with Gasteiger partial charge in [0.25, 0.3) is 0 Å². The van der Waals surface area contributed by atoms with Crippen molar-refractivity contribution in [3.63, 3.8) is 0 Å². The van der Waals surface area contributed by atoms with E-state index in [0.717, 1.165) is 5.92 Å². The Morgan fingerprint density at radius 1 is 1.24 bits per heavy atom. The van der Waals surface area contributed by atoms with Gasteiger partial charge in [-0.3, -0.25) is 11.3 Å². The lowest BCUT2D eigenvalue weighted by molar-refractivity contribution is -0.150. The van der Waals surface area contributed by atoms with E-state index in [2.05, 4.69) is 36.1 Å². The van der Waals surface area contributed by atoms with Crippen molar-refractivity contribution in [2.75, 3.05) is 0 Å². The molecule has 0 saturated heterocycles. The molecular weight excluding hydrogens is 276 g/mol. The largest absolute Gasteiger partial charge is 0.271 e. The molecule has 4 saturated carbocycles. The Kier molecular flexibility index (Phi) is 3.09. The van der Waals surface area contributed by atoms with E-state index in [1.807, 2.05) is 0 Å². The average molecular weight is 305 g/mol.